The first-order chi connectivity index (χ1) is 15.7. The normalized spacial score (nSPS) is 24.5. The van der Waals surface area contributed by atoms with Gasteiger partial charge >= 0.3 is 11.9 Å². The maximum atomic E-state index is 12.5. The summed E-state index contributed by atoms with van der Waals surface area (Å²) in [6.45, 7) is 3.46. The number of hydrogen-bond acceptors (Lipinski definition) is 8. The molecule has 2 rings (SSSR count). The number of benzene rings is 1. The molecule has 10 nitrogen and oxygen atoms in total. The third kappa shape index (κ3) is 9.47. The number of amides is 1. The van der Waals surface area contributed by atoms with Crippen molar-refractivity contribution in [3.8, 4) is 0 Å². The number of carboxylic acids is 1. The molecule has 0 spiro atoms. The van der Waals surface area contributed by atoms with E-state index < -0.39 is 54.7 Å². The molecule has 0 saturated carbocycles. The first-order valence-corrected chi connectivity index (χ1v) is 11.1. The molecule has 33 heavy (non-hydrogen) atoms. The van der Waals surface area contributed by atoms with Gasteiger partial charge in [-0.25, -0.2) is 0 Å². The van der Waals surface area contributed by atoms with Crippen LogP contribution in [0.1, 0.15) is 57.6 Å². The lowest BCUT2D eigenvalue weighted by atomic mass is 10.0. The number of ether oxygens (including phenoxy) is 3. The fraction of sp³-hybridized carbons (Fsp3) is 0.609. The average molecular weight is 468 g/mol. The molecule has 0 aliphatic carbocycles. The minimum Gasteiger partial charge on any atom is -0.481 e. The van der Waals surface area contributed by atoms with Gasteiger partial charge in [0, 0.05) is 19.3 Å². The molecule has 1 saturated heterocycles. The van der Waals surface area contributed by atoms with Crippen molar-refractivity contribution in [2.24, 2.45) is 0 Å². The van der Waals surface area contributed by atoms with Gasteiger partial charge in [-0.15, -0.1) is 0 Å². The summed E-state index contributed by atoms with van der Waals surface area (Å²) < 4.78 is 16.7. The van der Waals surface area contributed by atoms with Crippen LogP contribution in [0.4, 0.5) is 0 Å². The first-order valence-electron chi connectivity index (χ1n) is 11.1. The van der Waals surface area contributed by atoms with E-state index in [1.165, 1.54) is 0 Å². The van der Waals surface area contributed by atoms with Crippen molar-refractivity contribution in [1.29, 1.82) is 0 Å². The second-order valence-corrected chi connectivity index (χ2v) is 8.15. The van der Waals surface area contributed by atoms with Crippen LogP contribution in [0.3, 0.4) is 0 Å². The van der Waals surface area contributed by atoms with E-state index in [4.69, 9.17) is 19.3 Å². The molecule has 1 heterocycles. The molecule has 1 aliphatic rings. The molecule has 1 aromatic carbocycles. The maximum absolute atomic E-state index is 12.5. The summed E-state index contributed by atoms with van der Waals surface area (Å²) in [5.74, 6) is -2.00. The Morgan fingerprint density at radius 1 is 1.12 bits per heavy atom. The van der Waals surface area contributed by atoms with Crippen molar-refractivity contribution in [2.45, 2.75) is 82.8 Å². The predicted molar refractivity (Wildman–Crippen MR) is 116 cm³/mol. The summed E-state index contributed by atoms with van der Waals surface area (Å²) in [5.41, 5.74) is 0.694. The number of carbonyl (C=O) groups excluding carboxylic acids is 2. The number of carboxylic acid groups (broad SMARTS) is 1. The lowest BCUT2D eigenvalue weighted by Crippen LogP contribution is -2.48. The number of aliphatic hydroxyl groups excluding tert-OH is 2. The van der Waals surface area contributed by atoms with E-state index in [0.717, 1.165) is 0 Å². The zero-order valence-corrected chi connectivity index (χ0v) is 18.9. The van der Waals surface area contributed by atoms with E-state index in [-0.39, 0.29) is 32.2 Å². The largest absolute Gasteiger partial charge is 0.481 e. The van der Waals surface area contributed by atoms with Gasteiger partial charge in [-0.2, -0.15) is 0 Å². The quantitative estimate of drug-likeness (QED) is 0.333. The Morgan fingerprint density at radius 3 is 2.48 bits per heavy atom. The van der Waals surface area contributed by atoms with E-state index in [9.17, 15) is 24.6 Å². The second-order valence-electron chi connectivity index (χ2n) is 8.15. The third-order valence-corrected chi connectivity index (χ3v) is 5.30. The summed E-state index contributed by atoms with van der Waals surface area (Å²) in [5, 5.41) is 31.1. The highest BCUT2D eigenvalue weighted by Gasteiger charge is 2.35. The molecule has 1 amide bonds. The SMILES string of the molecule is CC1OC(O[C@H](C)CCC(=O)O[C@H](CNC(=O)CCC(=O)O)c2ccccc2)[C@@H](O)C[C@H]1O. The van der Waals surface area contributed by atoms with Crippen molar-refractivity contribution in [3.63, 3.8) is 0 Å². The second kappa shape index (κ2) is 13.2. The van der Waals surface area contributed by atoms with E-state index in [1.807, 2.05) is 6.07 Å². The average Bonchev–Trinajstić information content (AvgIpc) is 2.78. The summed E-state index contributed by atoms with van der Waals surface area (Å²) >= 11 is 0. The molecule has 0 aromatic heterocycles. The number of rotatable bonds is 12. The third-order valence-electron chi connectivity index (χ3n) is 5.30. The van der Waals surface area contributed by atoms with Crippen molar-refractivity contribution in [2.75, 3.05) is 6.54 Å². The zero-order chi connectivity index (χ0) is 24.4. The monoisotopic (exact) mass is 467 g/mol. The smallest absolute Gasteiger partial charge is 0.306 e. The molecule has 2 unspecified atom stereocenters. The van der Waals surface area contributed by atoms with Gasteiger partial charge in [0.25, 0.3) is 0 Å². The molecular weight excluding hydrogens is 434 g/mol. The highest BCUT2D eigenvalue weighted by atomic mass is 16.7. The summed E-state index contributed by atoms with van der Waals surface area (Å²) in [6.07, 6.45) is -4.14. The number of esters is 1. The van der Waals surface area contributed by atoms with Crippen LogP contribution in [0.5, 0.6) is 0 Å². The molecule has 184 valence electrons. The van der Waals surface area contributed by atoms with Gasteiger partial charge < -0.3 is 34.8 Å². The van der Waals surface area contributed by atoms with Crippen LogP contribution in [0.25, 0.3) is 0 Å². The van der Waals surface area contributed by atoms with Crippen LogP contribution >= 0.6 is 0 Å². The molecular formula is C23H33NO9. The number of hydrogen-bond donors (Lipinski definition) is 4. The number of nitrogens with one attached hydrogen (secondary N) is 1. The van der Waals surface area contributed by atoms with Crippen molar-refractivity contribution >= 4 is 17.8 Å². The summed E-state index contributed by atoms with van der Waals surface area (Å²) in [6, 6.07) is 8.92. The van der Waals surface area contributed by atoms with Crippen LogP contribution in [-0.4, -0.2) is 70.4 Å². The van der Waals surface area contributed by atoms with E-state index >= 15 is 0 Å². The van der Waals surface area contributed by atoms with Gasteiger partial charge in [-0.05, 0) is 25.8 Å². The fourth-order valence-corrected chi connectivity index (χ4v) is 3.31. The Bertz CT molecular complexity index is 772. The van der Waals surface area contributed by atoms with Gasteiger partial charge in [0.05, 0.1) is 31.3 Å². The zero-order valence-electron chi connectivity index (χ0n) is 18.9. The number of aliphatic hydroxyl groups is 2. The Labute approximate surface area is 192 Å². The standard InChI is InChI=1S/C23H33NO9/c1-14(31-23-18(26)12-17(25)15(2)32-23)8-11-22(30)33-19(16-6-4-3-5-7-16)13-24-20(27)9-10-21(28)29/h3-7,14-15,17-19,23,25-26H,8-13H2,1-2H3,(H,24,27)(H,28,29)/t14-,15?,17-,18+,19-,23?/m1/s1. The van der Waals surface area contributed by atoms with E-state index in [1.54, 1.807) is 38.1 Å². The van der Waals surface area contributed by atoms with Crippen molar-refractivity contribution in [3.05, 3.63) is 35.9 Å². The number of carbonyl (C=O) groups is 3. The highest BCUT2D eigenvalue weighted by molar-refractivity contribution is 5.80. The van der Waals surface area contributed by atoms with Crippen LogP contribution in [-0.2, 0) is 28.6 Å². The first kappa shape index (κ1) is 26.7. The molecule has 1 fully saturated rings. The summed E-state index contributed by atoms with van der Waals surface area (Å²) in [7, 11) is 0. The van der Waals surface area contributed by atoms with Crippen LogP contribution < -0.4 is 5.32 Å². The van der Waals surface area contributed by atoms with Gasteiger partial charge in [-0.3, -0.25) is 14.4 Å². The van der Waals surface area contributed by atoms with E-state index in [2.05, 4.69) is 5.32 Å². The fourth-order valence-electron chi connectivity index (χ4n) is 3.31. The van der Waals surface area contributed by atoms with E-state index in [0.29, 0.717) is 12.0 Å². The molecule has 4 N–H and O–H groups in total. The van der Waals surface area contributed by atoms with Crippen molar-refractivity contribution < 1.29 is 43.9 Å². The Morgan fingerprint density at radius 2 is 1.82 bits per heavy atom. The highest BCUT2D eigenvalue weighted by Crippen LogP contribution is 2.23. The lowest BCUT2D eigenvalue weighted by Gasteiger charge is -2.36. The van der Waals surface area contributed by atoms with Crippen LogP contribution in [0.2, 0.25) is 0 Å². The Kier molecular flexibility index (Phi) is 10.7. The number of aliphatic carboxylic acids is 1. The Balaban J connectivity index is 1.84. The molecule has 0 radical (unpaired) electrons. The minimum absolute atomic E-state index is 0.0164. The topological polar surface area (TPSA) is 152 Å². The molecule has 1 aromatic rings. The van der Waals surface area contributed by atoms with Crippen LogP contribution in [0, 0.1) is 0 Å². The molecule has 0 bridgehead atoms. The maximum Gasteiger partial charge on any atom is 0.306 e. The lowest BCUT2D eigenvalue weighted by molar-refractivity contribution is -0.273. The van der Waals surface area contributed by atoms with Gasteiger partial charge in [0.15, 0.2) is 6.29 Å². The predicted octanol–water partition coefficient (Wildman–Crippen LogP) is 1.29. The summed E-state index contributed by atoms with van der Waals surface area (Å²) in [4.78, 5) is 34.9. The van der Waals surface area contributed by atoms with Gasteiger partial charge in [0.2, 0.25) is 5.91 Å². The van der Waals surface area contributed by atoms with Gasteiger partial charge in [0.1, 0.15) is 12.2 Å². The molecule has 10 heteroatoms. The minimum atomic E-state index is -1.07. The Hall–Kier alpha value is -2.53. The molecule has 6 atom stereocenters. The van der Waals surface area contributed by atoms with Crippen molar-refractivity contribution in [1.82, 2.24) is 5.32 Å². The van der Waals surface area contributed by atoms with Gasteiger partial charge in [-0.1, -0.05) is 30.3 Å². The molecule has 1 aliphatic heterocycles. The van der Waals surface area contributed by atoms with Crippen LogP contribution in [0.15, 0.2) is 30.3 Å².